The number of benzene rings is 1. The second-order valence-corrected chi connectivity index (χ2v) is 7.35. The number of sulfone groups is 1. The number of nitrogens with one attached hydrogen (secondary N) is 1. The quantitative estimate of drug-likeness (QED) is 0.798. The Hall–Kier alpha value is -0.870. The lowest BCUT2D eigenvalue weighted by molar-refractivity contribution is 0.508. The second kappa shape index (κ2) is 7.65. The van der Waals surface area contributed by atoms with Gasteiger partial charge < -0.3 is 5.32 Å². The highest BCUT2D eigenvalue weighted by molar-refractivity contribution is 7.92. The molecule has 3 nitrogen and oxygen atoms in total. The van der Waals surface area contributed by atoms with E-state index in [1.165, 1.54) is 0 Å². The molecule has 1 N–H and O–H groups in total. The molecule has 0 aliphatic carbocycles. The van der Waals surface area contributed by atoms with Crippen LogP contribution in [-0.2, 0) is 9.84 Å². The third-order valence-electron chi connectivity index (χ3n) is 3.40. The minimum absolute atomic E-state index is 0.131. The predicted octanol–water partition coefficient (Wildman–Crippen LogP) is 2.94. The smallest absolute Gasteiger partial charge is 0.154 e. The van der Waals surface area contributed by atoms with Crippen molar-refractivity contribution in [1.82, 2.24) is 5.32 Å². The molecule has 0 fully saturated rings. The molecule has 0 heterocycles. The molecule has 0 aromatic heterocycles. The topological polar surface area (TPSA) is 46.2 Å². The molecule has 0 saturated heterocycles. The van der Waals surface area contributed by atoms with E-state index >= 15 is 0 Å². The number of rotatable bonds is 8. The van der Waals surface area contributed by atoms with E-state index in [2.05, 4.69) is 5.32 Å². The summed E-state index contributed by atoms with van der Waals surface area (Å²) in [5.74, 6) is 0.277. The average Bonchev–Trinajstić information content (AvgIpc) is 2.43. The standard InChI is InChI=1S/C15H25NO2S/c1-4-6-12-19(17,18)13(3)15(16-5-2)14-10-8-7-9-11-14/h7-11,13,15-16H,4-6,12H2,1-3H3. The molecule has 0 spiro atoms. The molecule has 0 radical (unpaired) electrons. The monoisotopic (exact) mass is 283 g/mol. The summed E-state index contributed by atoms with van der Waals surface area (Å²) in [5, 5.41) is 2.90. The lowest BCUT2D eigenvalue weighted by atomic mass is 10.0. The van der Waals surface area contributed by atoms with Crippen molar-refractivity contribution in [2.24, 2.45) is 0 Å². The van der Waals surface area contributed by atoms with Crippen molar-refractivity contribution in [2.45, 2.75) is 44.9 Å². The van der Waals surface area contributed by atoms with Crippen molar-refractivity contribution in [3.05, 3.63) is 35.9 Å². The summed E-state index contributed by atoms with van der Waals surface area (Å²) >= 11 is 0. The van der Waals surface area contributed by atoms with Gasteiger partial charge in [-0.05, 0) is 25.5 Å². The zero-order valence-corrected chi connectivity index (χ0v) is 12.9. The summed E-state index contributed by atoms with van der Waals surface area (Å²) < 4.78 is 24.7. The van der Waals surface area contributed by atoms with Gasteiger partial charge in [0.15, 0.2) is 9.84 Å². The first-order valence-electron chi connectivity index (χ1n) is 7.02. The Kier molecular flexibility index (Phi) is 6.52. The molecule has 0 aliphatic heterocycles. The number of hydrogen-bond donors (Lipinski definition) is 1. The lowest BCUT2D eigenvalue weighted by Crippen LogP contribution is -2.36. The normalized spacial score (nSPS) is 15.1. The second-order valence-electron chi connectivity index (χ2n) is 4.87. The molecule has 0 amide bonds. The number of unbranched alkanes of at least 4 members (excludes halogenated alkanes) is 1. The summed E-state index contributed by atoms with van der Waals surface area (Å²) in [7, 11) is -3.05. The fourth-order valence-corrected chi connectivity index (χ4v) is 3.90. The van der Waals surface area contributed by atoms with Crippen molar-refractivity contribution < 1.29 is 8.42 Å². The van der Waals surface area contributed by atoms with Crippen LogP contribution in [0.2, 0.25) is 0 Å². The molecule has 1 rings (SSSR count). The van der Waals surface area contributed by atoms with Gasteiger partial charge in [-0.15, -0.1) is 0 Å². The van der Waals surface area contributed by atoms with Gasteiger partial charge >= 0.3 is 0 Å². The molecule has 0 aliphatic rings. The van der Waals surface area contributed by atoms with Crippen LogP contribution in [0.15, 0.2) is 30.3 Å². The molecule has 19 heavy (non-hydrogen) atoms. The molecular formula is C15H25NO2S. The minimum Gasteiger partial charge on any atom is -0.309 e. The van der Waals surface area contributed by atoms with Gasteiger partial charge in [0.05, 0.1) is 11.0 Å². The van der Waals surface area contributed by atoms with E-state index in [0.29, 0.717) is 0 Å². The lowest BCUT2D eigenvalue weighted by Gasteiger charge is -2.25. The van der Waals surface area contributed by atoms with Crippen molar-refractivity contribution >= 4 is 9.84 Å². The van der Waals surface area contributed by atoms with Gasteiger partial charge in [-0.1, -0.05) is 50.6 Å². The molecule has 2 unspecified atom stereocenters. The van der Waals surface area contributed by atoms with Crippen LogP contribution in [0.1, 0.15) is 45.2 Å². The average molecular weight is 283 g/mol. The first-order chi connectivity index (χ1) is 9.03. The fraction of sp³-hybridized carbons (Fsp3) is 0.600. The summed E-state index contributed by atoms with van der Waals surface area (Å²) in [6.45, 7) is 6.58. The Morgan fingerprint density at radius 2 is 1.79 bits per heavy atom. The molecule has 0 bridgehead atoms. The molecule has 2 atom stereocenters. The highest BCUT2D eigenvalue weighted by Crippen LogP contribution is 2.23. The SMILES string of the molecule is CCCCS(=O)(=O)C(C)C(NCC)c1ccccc1. The predicted molar refractivity (Wildman–Crippen MR) is 81.0 cm³/mol. The van der Waals surface area contributed by atoms with Crippen molar-refractivity contribution in [3.63, 3.8) is 0 Å². The molecule has 108 valence electrons. The molecule has 1 aromatic carbocycles. The van der Waals surface area contributed by atoms with E-state index < -0.39 is 15.1 Å². The van der Waals surface area contributed by atoms with E-state index in [4.69, 9.17) is 0 Å². The maximum absolute atomic E-state index is 12.3. The Balaban J connectivity index is 2.93. The Morgan fingerprint density at radius 3 is 2.32 bits per heavy atom. The van der Waals surface area contributed by atoms with Crippen LogP contribution >= 0.6 is 0 Å². The Labute approximate surface area is 117 Å². The Bertz CT molecular complexity index is 456. The van der Waals surface area contributed by atoms with Gasteiger partial charge in [-0.2, -0.15) is 0 Å². The van der Waals surface area contributed by atoms with Crippen LogP contribution in [0.25, 0.3) is 0 Å². The first-order valence-corrected chi connectivity index (χ1v) is 8.74. The first kappa shape index (κ1) is 16.2. The zero-order valence-electron chi connectivity index (χ0n) is 12.1. The van der Waals surface area contributed by atoms with E-state index in [9.17, 15) is 8.42 Å². The molecule has 1 aromatic rings. The van der Waals surface area contributed by atoms with Crippen LogP contribution in [0, 0.1) is 0 Å². The highest BCUT2D eigenvalue weighted by atomic mass is 32.2. The van der Waals surface area contributed by atoms with Crippen LogP contribution < -0.4 is 5.32 Å². The zero-order chi connectivity index (χ0) is 14.3. The van der Waals surface area contributed by atoms with Gasteiger partial charge in [-0.3, -0.25) is 0 Å². The van der Waals surface area contributed by atoms with Gasteiger partial charge in [0.1, 0.15) is 0 Å². The van der Waals surface area contributed by atoms with Crippen LogP contribution in [-0.4, -0.2) is 26.0 Å². The molecular weight excluding hydrogens is 258 g/mol. The summed E-state index contributed by atoms with van der Waals surface area (Å²) in [5.41, 5.74) is 1.04. The van der Waals surface area contributed by atoms with E-state index in [0.717, 1.165) is 24.9 Å². The van der Waals surface area contributed by atoms with Crippen molar-refractivity contribution in [1.29, 1.82) is 0 Å². The van der Waals surface area contributed by atoms with Gasteiger partial charge in [0, 0.05) is 6.04 Å². The maximum atomic E-state index is 12.3. The number of hydrogen-bond acceptors (Lipinski definition) is 3. The minimum atomic E-state index is -3.05. The summed E-state index contributed by atoms with van der Waals surface area (Å²) in [6, 6.07) is 9.69. The van der Waals surface area contributed by atoms with Crippen LogP contribution in [0.4, 0.5) is 0 Å². The molecule has 4 heteroatoms. The van der Waals surface area contributed by atoms with Crippen molar-refractivity contribution in [3.8, 4) is 0 Å². The maximum Gasteiger partial charge on any atom is 0.154 e. The third-order valence-corrected chi connectivity index (χ3v) is 5.66. The van der Waals surface area contributed by atoms with Gasteiger partial charge in [-0.25, -0.2) is 8.42 Å². The van der Waals surface area contributed by atoms with Gasteiger partial charge in [0.25, 0.3) is 0 Å². The Morgan fingerprint density at radius 1 is 1.16 bits per heavy atom. The van der Waals surface area contributed by atoms with Crippen LogP contribution in [0.5, 0.6) is 0 Å². The summed E-state index contributed by atoms with van der Waals surface area (Å²) in [6.07, 6.45) is 1.64. The van der Waals surface area contributed by atoms with E-state index in [1.807, 2.05) is 51.1 Å². The summed E-state index contributed by atoms with van der Waals surface area (Å²) in [4.78, 5) is 0. The largest absolute Gasteiger partial charge is 0.309 e. The van der Waals surface area contributed by atoms with Gasteiger partial charge in [0.2, 0.25) is 0 Å². The van der Waals surface area contributed by atoms with E-state index in [1.54, 1.807) is 0 Å². The highest BCUT2D eigenvalue weighted by Gasteiger charge is 2.29. The fourth-order valence-electron chi connectivity index (χ4n) is 2.17. The third kappa shape index (κ3) is 4.62. The van der Waals surface area contributed by atoms with E-state index in [-0.39, 0.29) is 11.8 Å². The molecule has 0 saturated carbocycles. The van der Waals surface area contributed by atoms with Crippen LogP contribution in [0.3, 0.4) is 0 Å². The van der Waals surface area contributed by atoms with Crippen molar-refractivity contribution in [2.75, 3.05) is 12.3 Å².